The van der Waals surface area contributed by atoms with Crippen LogP contribution in [-0.4, -0.2) is 49.5 Å². The molecule has 21 heavy (non-hydrogen) atoms. The fourth-order valence-electron chi connectivity index (χ4n) is 1.83. The van der Waals surface area contributed by atoms with Crippen molar-refractivity contribution in [1.82, 2.24) is 9.24 Å². The average Bonchev–Trinajstić information content (AvgIpc) is 2.64. The molecule has 9 nitrogen and oxygen atoms in total. The first kappa shape index (κ1) is 22.9. The van der Waals surface area contributed by atoms with Crippen molar-refractivity contribution in [1.29, 1.82) is 5.41 Å². The van der Waals surface area contributed by atoms with Crippen LogP contribution in [0.15, 0.2) is 17.1 Å². The van der Waals surface area contributed by atoms with Crippen molar-refractivity contribution >= 4 is 0 Å². The average molecular weight is 524 g/mol. The molecule has 0 radical (unpaired) electrons. The summed E-state index contributed by atoms with van der Waals surface area (Å²) in [5.41, 5.74) is -0.972. The Balaban J connectivity index is 0. The van der Waals surface area contributed by atoms with Gasteiger partial charge in [-0.1, -0.05) is 0 Å². The third-order valence-corrected chi connectivity index (χ3v) is 2.87. The van der Waals surface area contributed by atoms with Crippen molar-refractivity contribution < 1.29 is 65.9 Å². The maximum absolute atomic E-state index is 11.8. The van der Waals surface area contributed by atoms with Crippen molar-refractivity contribution in [3.05, 3.63) is 28.2 Å². The van der Waals surface area contributed by atoms with E-state index in [0.717, 1.165) is 4.57 Å². The molecule has 0 bridgehead atoms. The summed E-state index contributed by atoms with van der Waals surface area (Å²) in [4.78, 5) is 11.8. The number of aliphatic hydroxyl groups is 3. The van der Waals surface area contributed by atoms with Crippen LogP contribution < -0.4 is 41.8 Å². The van der Waals surface area contributed by atoms with E-state index in [1.807, 2.05) is 0 Å². The zero-order valence-corrected chi connectivity index (χ0v) is 14.2. The quantitative estimate of drug-likeness (QED) is 0.243. The second-order valence-electron chi connectivity index (χ2n) is 3.99. The first-order valence-corrected chi connectivity index (χ1v) is 5.23. The van der Waals surface area contributed by atoms with Crippen molar-refractivity contribution in [3.8, 4) is 0 Å². The molecule has 4 atom stereocenters. The molecule has 4 unspecified atom stereocenters. The Bertz CT molecular complexity index is 568. The number of ether oxygens (including phenoxy) is 1. The molecule has 0 aliphatic carbocycles. The van der Waals surface area contributed by atoms with Crippen molar-refractivity contribution in [3.63, 3.8) is 0 Å². The van der Waals surface area contributed by atoms with E-state index in [0.29, 0.717) is 4.68 Å². The third-order valence-electron chi connectivity index (χ3n) is 2.87. The number of aliphatic hydroxyl groups excluding tert-OH is 3. The van der Waals surface area contributed by atoms with Gasteiger partial charge in [-0.2, -0.15) is 4.68 Å². The van der Waals surface area contributed by atoms with E-state index in [1.165, 1.54) is 12.3 Å². The van der Waals surface area contributed by atoms with Crippen LogP contribution in [0.25, 0.3) is 0 Å². The van der Waals surface area contributed by atoms with Crippen LogP contribution in [0.2, 0.25) is 0 Å². The van der Waals surface area contributed by atoms with Gasteiger partial charge >= 0.3 is 26.8 Å². The number of nitrogens with two attached hydrogens (primary N) is 1. The van der Waals surface area contributed by atoms with Crippen LogP contribution in [0, 0.1) is 5.41 Å². The standard InChI is InChI=1S/C9H14N4O5.2ClH.Pt/c10-5-1-2-12(9(17)13(5)11)8-7(16)6(15)4(3-14)18-8;;;/h1-2,4,6-8,10,14-16H,3,11H2;2*1H;/q;;;+2/p-2. The molecule has 1 saturated heterocycles. The summed E-state index contributed by atoms with van der Waals surface area (Å²) in [5, 5.41) is 35.6. The van der Waals surface area contributed by atoms with Gasteiger partial charge < -0.3 is 50.7 Å². The minimum Gasteiger partial charge on any atom is -1.00 e. The molecule has 1 aromatic heterocycles. The molecule has 1 aliphatic rings. The zero-order valence-electron chi connectivity index (χ0n) is 10.4. The van der Waals surface area contributed by atoms with Crippen LogP contribution in [0.5, 0.6) is 0 Å². The predicted octanol–water partition coefficient (Wildman–Crippen LogP) is -9.54. The molecule has 6 N–H and O–H groups in total. The summed E-state index contributed by atoms with van der Waals surface area (Å²) in [6, 6.07) is 1.25. The first-order chi connectivity index (χ1) is 8.47. The molecule has 0 amide bonds. The fraction of sp³-hybridized carbons (Fsp3) is 0.556. The van der Waals surface area contributed by atoms with Gasteiger partial charge in [0.1, 0.15) is 23.8 Å². The van der Waals surface area contributed by atoms with Crippen LogP contribution >= 0.6 is 0 Å². The van der Waals surface area contributed by atoms with E-state index in [9.17, 15) is 15.0 Å². The number of rotatable bonds is 2. The Morgan fingerprint density at radius 3 is 2.38 bits per heavy atom. The van der Waals surface area contributed by atoms with Crippen molar-refractivity contribution in [2.45, 2.75) is 24.5 Å². The largest absolute Gasteiger partial charge is 2.00 e. The molecule has 124 valence electrons. The normalized spacial score (nSPS) is 27.2. The summed E-state index contributed by atoms with van der Waals surface area (Å²) in [7, 11) is 0. The summed E-state index contributed by atoms with van der Waals surface area (Å²) >= 11 is 0. The summed E-state index contributed by atoms with van der Waals surface area (Å²) in [5.74, 6) is 5.34. The maximum atomic E-state index is 11.8. The van der Waals surface area contributed by atoms with Crippen LogP contribution in [0.4, 0.5) is 0 Å². The van der Waals surface area contributed by atoms with Crippen LogP contribution in [0.3, 0.4) is 0 Å². The summed E-state index contributed by atoms with van der Waals surface area (Å²) < 4.78 is 6.72. The topological polar surface area (TPSA) is 147 Å². The number of hydrogen-bond donors (Lipinski definition) is 5. The molecule has 0 saturated carbocycles. The van der Waals surface area contributed by atoms with Crippen LogP contribution in [0.1, 0.15) is 6.23 Å². The minimum atomic E-state index is -1.36. The van der Waals surface area contributed by atoms with Gasteiger partial charge in [-0.15, -0.1) is 0 Å². The third kappa shape index (κ3) is 4.07. The van der Waals surface area contributed by atoms with Gasteiger partial charge in [-0.3, -0.25) is 9.98 Å². The Morgan fingerprint density at radius 2 is 1.90 bits per heavy atom. The number of halogens is 2. The Kier molecular flexibility index (Phi) is 9.68. The molecule has 2 rings (SSSR count). The molecular weight excluding hydrogens is 510 g/mol. The zero-order chi connectivity index (χ0) is 13.4. The number of hydrogen-bond acceptors (Lipinski definition) is 7. The Hall–Kier alpha value is -0.412. The maximum Gasteiger partial charge on any atom is 2.00 e. The number of nitrogens with zero attached hydrogens (tertiary/aromatic N) is 2. The van der Waals surface area contributed by atoms with Gasteiger partial charge in [-0.25, -0.2) is 4.79 Å². The van der Waals surface area contributed by atoms with E-state index in [4.69, 9.17) is 21.1 Å². The van der Waals surface area contributed by atoms with Gasteiger partial charge in [0.15, 0.2) is 6.23 Å². The SMILES string of the molecule is N=c1ccn(C2OC(CO)C(O)C2O)c(=O)n1N.[Cl-].[Cl-].[Pt+2]. The molecule has 1 aliphatic heterocycles. The molecule has 0 spiro atoms. The predicted molar refractivity (Wildman–Crippen MR) is 57.7 cm³/mol. The van der Waals surface area contributed by atoms with E-state index in [1.54, 1.807) is 0 Å². The molecule has 1 fully saturated rings. The van der Waals surface area contributed by atoms with Gasteiger partial charge in [0.05, 0.1) is 6.61 Å². The molecule has 1 aromatic rings. The minimum absolute atomic E-state index is 0. The van der Waals surface area contributed by atoms with Crippen LogP contribution in [-0.2, 0) is 25.8 Å². The Morgan fingerprint density at radius 1 is 1.33 bits per heavy atom. The van der Waals surface area contributed by atoms with Gasteiger partial charge in [-0.05, 0) is 6.07 Å². The van der Waals surface area contributed by atoms with Crippen molar-refractivity contribution in [2.24, 2.45) is 0 Å². The number of aromatic nitrogens is 2. The van der Waals surface area contributed by atoms with E-state index < -0.39 is 36.8 Å². The monoisotopic (exact) mass is 523 g/mol. The smallest absolute Gasteiger partial charge is 1.00 e. The second-order valence-corrected chi connectivity index (χ2v) is 3.99. The van der Waals surface area contributed by atoms with E-state index >= 15 is 0 Å². The Labute approximate surface area is 145 Å². The number of nitrogen functional groups attached to an aromatic ring is 1. The first-order valence-electron chi connectivity index (χ1n) is 5.23. The molecule has 2 heterocycles. The molecular formula is C9H14Cl2N4O5Pt. The summed E-state index contributed by atoms with van der Waals surface area (Å²) in [6.07, 6.45) is -3.56. The van der Waals surface area contributed by atoms with E-state index in [2.05, 4.69) is 0 Å². The van der Waals surface area contributed by atoms with Crippen molar-refractivity contribution in [2.75, 3.05) is 12.4 Å². The fourth-order valence-corrected chi connectivity index (χ4v) is 1.83. The van der Waals surface area contributed by atoms with Gasteiger partial charge in [0.2, 0.25) is 0 Å². The molecule has 0 aromatic carbocycles. The van der Waals surface area contributed by atoms with E-state index in [-0.39, 0.29) is 51.4 Å². The molecule has 12 heteroatoms. The van der Waals surface area contributed by atoms with Gasteiger partial charge in [0.25, 0.3) is 0 Å². The second kappa shape index (κ2) is 8.89. The number of nitrogens with one attached hydrogen (secondary N) is 1. The summed E-state index contributed by atoms with van der Waals surface area (Å²) in [6.45, 7) is -0.484. The van der Waals surface area contributed by atoms with Gasteiger partial charge in [0, 0.05) is 6.20 Å².